The average molecular weight is 499 g/mol. The first-order chi connectivity index (χ1) is 18.0. The maximum atomic E-state index is 14.1. The van der Waals surface area contributed by atoms with Crippen molar-refractivity contribution in [2.45, 2.75) is 31.8 Å². The van der Waals surface area contributed by atoms with Gasteiger partial charge in [-0.05, 0) is 56.1 Å². The van der Waals surface area contributed by atoms with E-state index in [1.807, 2.05) is 24.4 Å². The molecule has 0 bridgehead atoms. The Balaban J connectivity index is 1.41. The van der Waals surface area contributed by atoms with Crippen LogP contribution < -0.4 is 16.0 Å². The van der Waals surface area contributed by atoms with E-state index in [1.54, 1.807) is 24.5 Å². The number of piperidine rings is 1. The molecule has 0 radical (unpaired) electrons. The number of nitrogens with one attached hydrogen (secondary N) is 3. The average Bonchev–Trinajstić information content (AvgIpc) is 2.85. The molecule has 1 saturated heterocycles. The first-order valence-corrected chi connectivity index (χ1v) is 12.1. The van der Waals surface area contributed by atoms with E-state index >= 15 is 0 Å². The molecule has 3 N–H and O–H groups in total. The summed E-state index contributed by atoms with van der Waals surface area (Å²) in [6, 6.07) is 6.08. The highest BCUT2D eigenvalue weighted by atomic mass is 19.1. The molecule has 8 nitrogen and oxygen atoms in total. The standard InChI is InChI=1S/C27H24F2N8/c1-15-11-18(8-10-31-15)33-27-24-19(16-3-2-4-16)13-30-14-21(24)34-25(37-27)17-7-9-32-23(12-17)36-26-20(28)5-6-22(29)35-26/h2-7,9,12-15,18,31H,8,10-11H2,1H3,(H,32,35,36)(H,33,34,37)/t15-,18+/m1/s1. The fraction of sp³-hybridized carbons (Fsp3) is 0.222. The minimum absolute atomic E-state index is 0.248. The van der Waals surface area contributed by atoms with Gasteiger partial charge in [0.1, 0.15) is 11.6 Å². The third kappa shape index (κ3) is 4.75. The summed E-state index contributed by atoms with van der Waals surface area (Å²) in [6.45, 7) is 3.11. The minimum Gasteiger partial charge on any atom is -0.367 e. The normalized spacial score (nSPS) is 18.8. The summed E-state index contributed by atoms with van der Waals surface area (Å²) >= 11 is 0. The number of hydrogen-bond donors (Lipinski definition) is 3. The van der Waals surface area contributed by atoms with Crippen LogP contribution in [0.15, 0.2) is 61.1 Å². The molecule has 6 rings (SSSR count). The maximum absolute atomic E-state index is 14.1. The Morgan fingerprint density at radius 2 is 1.95 bits per heavy atom. The third-order valence-electron chi connectivity index (χ3n) is 6.51. The Hall–Kier alpha value is -4.31. The quantitative estimate of drug-likeness (QED) is 0.319. The van der Waals surface area contributed by atoms with E-state index in [2.05, 4.69) is 37.8 Å². The van der Waals surface area contributed by atoms with E-state index in [1.165, 1.54) is 0 Å². The Kier molecular flexibility index (Phi) is 6.01. The summed E-state index contributed by atoms with van der Waals surface area (Å²) in [5.41, 5.74) is 3.42. The number of hydrogen-bond acceptors (Lipinski definition) is 8. The van der Waals surface area contributed by atoms with Crippen LogP contribution in [0.4, 0.5) is 26.2 Å². The van der Waals surface area contributed by atoms with Crippen LogP contribution in [0.5, 0.6) is 0 Å². The lowest BCUT2D eigenvalue weighted by Gasteiger charge is -2.29. The van der Waals surface area contributed by atoms with Crippen LogP contribution >= 0.6 is 0 Å². The zero-order valence-corrected chi connectivity index (χ0v) is 20.0. The number of fused-ring (bicyclic) bond motifs is 1. The van der Waals surface area contributed by atoms with Crippen molar-refractivity contribution < 1.29 is 8.78 Å². The van der Waals surface area contributed by atoms with Crippen molar-refractivity contribution in [3.63, 3.8) is 0 Å². The van der Waals surface area contributed by atoms with Crippen LogP contribution in [-0.2, 0) is 0 Å². The Labute approximate surface area is 212 Å². The second-order valence-electron chi connectivity index (χ2n) is 9.20. The number of aromatic nitrogens is 5. The lowest BCUT2D eigenvalue weighted by atomic mass is 9.96. The molecule has 4 aromatic heterocycles. The molecular formula is C27H24F2N8. The molecule has 1 aliphatic heterocycles. The summed E-state index contributed by atoms with van der Waals surface area (Å²) in [5, 5.41) is 10.8. The number of anilines is 3. The van der Waals surface area contributed by atoms with Gasteiger partial charge < -0.3 is 16.0 Å². The van der Waals surface area contributed by atoms with E-state index in [-0.39, 0.29) is 17.7 Å². The van der Waals surface area contributed by atoms with Crippen molar-refractivity contribution in [3.8, 4) is 11.4 Å². The summed E-state index contributed by atoms with van der Waals surface area (Å²) in [7, 11) is 0. The number of halogens is 2. The number of allylic oxidation sites excluding steroid dienone is 4. The Morgan fingerprint density at radius 3 is 2.76 bits per heavy atom. The first-order valence-electron chi connectivity index (χ1n) is 12.1. The van der Waals surface area contributed by atoms with Crippen molar-refractivity contribution in [3.05, 3.63) is 78.4 Å². The molecule has 0 amide bonds. The lowest BCUT2D eigenvalue weighted by Crippen LogP contribution is -2.41. The van der Waals surface area contributed by atoms with Gasteiger partial charge in [0.05, 0.1) is 17.1 Å². The molecule has 4 aromatic rings. The van der Waals surface area contributed by atoms with E-state index in [0.29, 0.717) is 22.9 Å². The van der Waals surface area contributed by atoms with Gasteiger partial charge in [0.2, 0.25) is 5.95 Å². The van der Waals surface area contributed by atoms with E-state index < -0.39 is 11.8 Å². The monoisotopic (exact) mass is 498 g/mol. The molecule has 2 aliphatic rings. The summed E-state index contributed by atoms with van der Waals surface area (Å²) in [6.07, 6.45) is 13.2. The molecule has 37 heavy (non-hydrogen) atoms. The minimum atomic E-state index is -0.791. The number of nitrogens with zero attached hydrogens (tertiary/aromatic N) is 5. The molecule has 0 saturated carbocycles. The van der Waals surface area contributed by atoms with Gasteiger partial charge in [0.25, 0.3) is 0 Å². The van der Waals surface area contributed by atoms with E-state index in [9.17, 15) is 8.78 Å². The topological polar surface area (TPSA) is 101 Å². The molecular weight excluding hydrogens is 474 g/mol. The van der Waals surface area contributed by atoms with Crippen LogP contribution in [0.2, 0.25) is 0 Å². The van der Waals surface area contributed by atoms with Gasteiger partial charge in [0, 0.05) is 35.6 Å². The highest BCUT2D eigenvalue weighted by Gasteiger charge is 2.22. The van der Waals surface area contributed by atoms with Gasteiger partial charge in [-0.2, -0.15) is 9.37 Å². The van der Waals surface area contributed by atoms with Gasteiger partial charge in [0.15, 0.2) is 17.5 Å². The Morgan fingerprint density at radius 1 is 1.05 bits per heavy atom. The predicted octanol–water partition coefficient (Wildman–Crippen LogP) is 5.01. The summed E-state index contributed by atoms with van der Waals surface area (Å²) in [5.74, 6) is -0.232. The second kappa shape index (κ2) is 9.62. The molecule has 1 aliphatic carbocycles. The molecule has 0 aromatic carbocycles. The van der Waals surface area contributed by atoms with Crippen molar-refractivity contribution in [2.75, 3.05) is 17.2 Å². The molecule has 1 fully saturated rings. The SMILES string of the molecule is C[C@@H]1C[C@@H](Nc2nc(-c3ccnc(Nc4nc(F)ccc4F)c3)nc3cncc(C4=CC=C4)c23)CCN1. The van der Waals surface area contributed by atoms with Crippen molar-refractivity contribution in [1.29, 1.82) is 0 Å². The zero-order chi connectivity index (χ0) is 25.4. The van der Waals surface area contributed by atoms with Crippen molar-refractivity contribution in [2.24, 2.45) is 0 Å². The van der Waals surface area contributed by atoms with Gasteiger partial charge in [-0.25, -0.2) is 19.3 Å². The van der Waals surface area contributed by atoms with E-state index in [4.69, 9.17) is 9.97 Å². The van der Waals surface area contributed by atoms with Crippen molar-refractivity contribution in [1.82, 2.24) is 30.2 Å². The highest BCUT2D eigenvalue weighted by molar-refractivity contribution is 6.02. The smallest absolute Gasteiger partial charge is 0.214 e. The van der Waals surface area contributed by atoms with Gasteiger partial charge in [-0.15, -0.1) is 0 Å². The molecule has 10 heteroatoms. The molecule has 5 heterocycles. The first kappa shape index (κ1) is 23.1. The van der Waals surface area contributed by atoms with Gasteiger partial charge in [-0.1, -0.05) is 18.2 Å². The van der Waals surface area contributed by atoms with E-state index in [0.717, 1.165) is 53.9 Å². The number of pyridine rings is 3. The lowest BCUT2D eigenvalue weighted by molar-refractivity contribution is 0.396. The predicted molar refractivity (Wildman–Crippen MR) is 139 cm³/mol. The number of rotatable bonds is 6. The summed E-state index contributed by atoms with van der Waals surface area (Å²) < 4.78 is 27.7. The second-order valence-corrected chi connectivity index (χ2v) is 9.20. The maximum Gasteiger partial charge on any atom is 0.214 e. The highest BCUT2D eigenvalue weighted by Crippen LogP contribution is 2.34. The molecule has 0 spiro atoms. The fourth-order valence-corrected chi connectivity index (χ4v) is 4.63. The largest absolute Gasteiger partial charge is 0.367 e. The van der Waals surface area contributed by atoms with Gasteiger partial charge >= 0.3 is 0 Å². The van der Waals surface area contributed by atoms with Gasteiger partial charge in [-0.3, -0.25) is 4.98 Å². The van der Waals surface area contributed by atoms with Crippen LogP contribution in [0.3, 0.4) is 0 Å². The Bertz CT molecular complexity index is 1550. The third-order valence-corrected chi connectivity index (χ3v) is 6.51. The van der Waals surface area contributed by atoms with Crippen molar-refractivity contribution >= 4 is 33.9 Å². The summed E-state index contributed by atoms with van der Waals surface area (Å²) in [4.78, 5) is 22.0. The molecule has 2 atom stereocenters. The van der Waals surface area contributed by atoms with Crippen LogP contribution in [0.25, 0.3) is 27.9 Å². The molecule has 186 valence electrons. The van der Waals surface area contributed by atoms with Crippen LogP contribution in [-0.4, -0.2) is 43.5 Å². The molecule has 0 unspecified atom stereocenters. The zero-order valence-electron chi connectivity index (χ0n) is 20.0. The fourth-order valence-electron chi connectivity index (χ4n) is 4.63. The van der Waals surface area contributed by atoms with Crippen LogP contribution in [0, 0.1) is 11.8 Å². The van der Waals surface area contributed by atoms with Crippen LogP contribution in [0.1, 0.15) is 25.3 Å².